The van der Waals surface area contributed by atoms with Gasteiger partial charge >= 0.3 is 0 Å². The molecular formula is C12H12FN3. The third-order valence-corrected chi connectivity index (χ3v) is 2.17. The first-order valence-electron chi connectivity index (χ1n) is 4.98. The molecule has 0 unspecified atom stereocenters. The van der Waals surface area contributed by atoms with Gasteiger partial charge in [-0.2, -0.15) is 0 Å². The molecule has 2 rings (SSSR count). The first kappa shape index (κ1) is 10.5. The number of hydrogen-bond donors (Lipinski definition) is 1. The molecule has 0 aliphatic carbocycles. The van der Waals surface area contributed by atoms with Gasteiger partial charge in [0.1, 0.15) is 17.5 Å². The van der Waals surface area contributed by atoms with Crippen molar-refractivity contribution in [2.24, 2.45) is 0 Å². The lowest BCUT2D eigenvalue weighted by Gasteiger charge is -2.03. The summed E-state index contributed by atoms with van der Waals surface area (Å²) in [6.45, 7) is 1.85. The first-order valence-corrected chi connectivity index (χ1v) is 4.98. The maximum atomic E-state index is 13.0. The van der Waals surface area contributed by atoms with Crippen molar-refractivity contribution in [2.45, 2.75) is 13.3 Å². The Labute approximate surface area is 93.2 Å². The monoisotopic (exact) mass is 217 g/mol. The van der Waals surface area contributed by atoms with E-state index in [1.165, 1.54) is 12.1 Å². The molecule has 0 aliphatic heterocycles. The van der Waals surface area contributed by atoms with E-state index in [4.69, 9.17) is 5.73 Å². The van der Waals surface area contributed by atoms with E-state index in [-0.39, 0.29) is 5.82 Å². The van der Waals surface area contributed by atoms with E-state index in [0.717, 1.165) is 11.3 Å². The van der Waals surface area contributed by atoms with Crippen LogP contribution in [0.4, 0.5) is 10.2 Å². The van der Waals surface area contributed by atoms with Crippen LogP contribution in [0, 0.1) is 12.7 Å². The highest BCUT2D eigenvalue weighted by Gasteiger charge is 2.02. The van der Waals surface area contributed by atoms with Gasteiger partial charge in [0.2, 0.25) is 0 Å². The topological polar surface area (TPSA) is 51.8 Å². The molecule has 2 aromatic rings. The number of anilines is 1. The van der Waals surface area contributed by atoms with Crippen LogP contribution in [0.25, 0.3) is 0 Å². The van der Waals surface area contributed by atoms with Crippen molar-refractivity contribution in [2.75, 3.05) is 5.73 Å². The molecule has 0 bridgehead atoms. The van der Waals surface area contributed by atoms with E-state index in [9.17, 15) is 4.39 Å². The molecule has 0 amide bonds. The minimum absolute atomic E-state index is 0.252. The summed E-state index contributed by atoms with van der Waals surface area (Å²) in [5.41, 5.74) is 7.27. The Hall–Kier alpha value is -1.97. The largest absolute Gasteiger partial charge is 0.384 e. The lowest BCUT2D eigenvalue weighted by atomic mass is 10.1. The lowest BCUT2D eigenvalue weighted by Crippen LogP contribution is -2.02. The zero-order chi connectivity index (χ0) is 11.5. The summed E-state index contributed by atoms with van der Waals surface area (Å²) in [4.78, 5) is 8.35. The van der Waals surface area contributed by atoms with E-state index in [0.29, 0.717) is 18.1 Å². The Balaban J connectivity index is 2.27. The summed E-state index contributed by atoms with van der Waals surface area (Å²) in [6.07, 6.45) is 0.490. The minimum atomic E-state index is -0.252. The number of rotatable bonds is 2. The highest BCUT2D eigenvalue weighted by Crippen LogP contribution is 2.09. The third-order valence-electron chi connectivity index (χ3n) is 2.17. The van der Waals surface area contributed by atoms with Gasteiger partial charge < -0.3 is 5.73 Å². The van der Waals surface area contributed by atoms with Gasteiger partial charge in [0.25, 0.3) is 0 Å². The average molecular weight is 217 g/mol. The third kappa shape index (κ3) is 2.53. The number of halogens is 1. The van der Waals surface area contributed by atoms with Gasteiger partial charge in [-0.05, 0) is 24.6 Å². The van der Waals surface area contributed by atoms with Crippen LogP contribution in [0.1, 0.15) is 17.1 Å². The number of nitrogens with zero attached hydrogens (tertiary/aromatic N) is 2. The zero-order valence-electron chi connectivity index (χ0n) is 8.94. The van der Waals surface area contributed by atoms with Crippen molar-refractivity contribution in [3.63, 3.8) is 0 Å². The van der Waals surface area contributed by atoms with Crippen LogP contribution in [-0.4, -0.2) is 9.97 Å². The van der Waals surface area contributed by atoms with Crippen LogP contribution >= 0.6 is 0 Å². The number of nitrogens with two attached hydrogens (primary N) is 1. The number of hydrogen-bond acceptors (Lipinski definition) is 3. The molecular weight excluding hydrogens is 205 g/mol. The summed E-state index contributed by atoms with van der Waals surface area (Å²) < 4.78 is 13.0. The summed E-state index contributed by atoms with van der Waals surface area (Å²) in [6, 6.07) is 8.10. The lowest BCUT2D eigenvalue weighted by molar-refractivity contribution is 0.626. The molecule has 1 aromatic carbocycles. The number of aromatic nitrogens is 2. The van der Waals surface area contributed by atoms with E-state index in [2.05, 4.69) is 9.97 Å². The summed E-state index contributed by atoms with van der Waals surface area (Å²) in [7, 11) is 0. The molecule has 3 nitrogen and oxygen atoms in total. The molecule has 0 radical (unpaired) electrons. The minimum Gasteiger partial charge on any atom is -0.384 e. The molecule has 0 saturated carbocycles. The maximum absolute atomic E-state index is 13.0. The first-order chi connectivity index (χ1) is 7.63. The second-order valence-electron chi connectivity index (χ2n) is 3.66. The van der Waals surface area contributed by atoms with Gasteiger partial charge in [-0.25, -0.2) is 14.4 Å². The van der Waals surface area contributed by atoms with E-state index in [1.807, 2.05) is 13.0 Å². The Morgan fingerprint density at radius 3 is 2.75 bits per heavy atom. The smallest absolute Gasteiger partial charge is 0.135 e. The van der Waals surface area contributed by atoms with Crippen molar-refractivity contribution in [1.29, 1.82) is 0 Å². The standard InChI is InChI=1S/C12H12FN3/c1-8-5-11(14)16-12(15-8)7-9-3-2-4-10(13)6-9/h2-6H,7H2,1H3,(H2,14,15,16). The predicted octanol–water partition coefficient (Wildman–Crippen LogP) is 2.10. The number of benzene rings is 1. The molecule has 0 atom stereocenters. The molecule has 16 heavy (non-hydrogen) atoms. The summed E-state index contributed by atoms with van der Waals surface area (Å²) in [5.74, 6) is 0.806. The van der Waals surface area contributed by atoms with Crippen molar-refractivity contribution >= 4 is 5.82 Å². The molecule has 0 fully saturated rings. The Morgan fingerprint density at radius 2 is 2.06 bits per heavy atom. The van der Waals surface area contributed by atoms with Crippen molar-refractivity contribution < 1.29 is 4.39 Å². The second-order valence-corrected chi connectivity index (χ2v) is 3.66. The molecule has 0 aliphatic rings. The van der Waals surface area contributed by atoms with E-state index >= 15 is 0 Å². The Morgan fingerprint density at radius 1 is 1.25 bits per heavy atom. The van der Waals surface area contributed by atoms with Crippen LogP contribution in [0.2, 0.25) is 0 Å². The summed E-state index contributed by atoms with van der Waals surface area (Å²) in [5, 5.41) is 0. The van der Waals surface area contributed by atoms with Gasteiger partial charge in [-0.1, -0.05) is 12.1 Å². The zero-order valence-corrected chi connectivity index (χ0v) is 8.94. The second kappa shape index (κ2) is 4.26. The average Bonchev–Trinajstić information content (AvgIpc) is 2.15. The molecule has 82 valence electrons. The molecule has 0 spiro atoms. The van der Waals surface area contributed by atoms with Gasteiger partial charge in [0.15, 0.2) is 0 Å². The van der Waals surface area contributed by atoms with Gasteiger partial charge in [0.05, 0.1) is 0 Å². The molecule has 4 heteroatoms. The van der Waals surface area contributed by atoms with Crippen LogP contribution in [0.5, 0.6) is 0 Å². The van der Waals surface area contributed by atoms with Crippen molar-refractivity contribution in [3.05, 3.63) is 53.2 Å². The SMILES string of the molecule is Cc1cc(N)nc(Cc2cccc(F)c2)n1. The highest BCUT2D eigenvalue weighted by molar-refractivity contribution is 5.30. The van der Waals surface area contributed by atoms with Crippen LogP contribution in [0.3, 0.4) is 0 Å². The fraction of sp³-hybridized carbons (Fsp3) is 0.167. The van der Waals surface area contributed by atoms with Gasteiger partial charge in [-0.3, -0.25) is 0 Å². The van der Waals surface area contributed by atoms with Crippen LogP contribution in [0.15, 0.2) is 30.3 Å². The van der Waals surface area contributed by atoms with Gasteiger partial charge in [0, 0.05) is 18.2 Å². The summed E-state index contributed by atoms with van der Waals surface area (Å²) >= 11 is 0. The Kier molecular flexibility index (Phi) is 2.81. The highest BCUT2D eigenvalue weighted by atomic mass is 19.1. The van der Waals surface area contributed by atoms with Gasteiger partial charge in [-0.15, -0.1) is 0 Å². The molecule has 1 aromatic heterocycles. The fourth-order valence-electron chi connectivity index (χ4n) is 1.56. The predicted molar refractivity (Wildman–Crippen MR) is 60.4 cm³/mol. The molecule has 0 saturated heterocycles. The molecule has 1 heterocycles. The van der Waals surface area contributed by atoms with Crippen LogP contribution in [-0.2, 0) is 6.42 Å². The maximum Gasteiger partial charge on any atom is 0.135 e. The van der Waals surface area contributed by atoms with Crippen molar-refractivity contribution in [3.8, 4) is 0 Å². The van der Waals surface area contributed by atoms with E-state index < -0.39 is 0 Å². The Bertz CT molecular complexity index is 491. The fourth-order valence-corrected chi connectivity index (χ4v) is 1.56. The van der Waals surface area contributed by atoms with E-state index in [1.54, 1.807) is 12.1 Å². The van der Waals surface area contributed by atoms with Crippen LogP contribution < -0.4 is 5.73 Å². The number of nitrogen functional groups attached to an aromatic ring is 1. The normalized spacial score (nSPS) is 10.4. The molecule has 2 N–H and O–H groups in total. The quantitative estimate of drug-likeness (QED) is 0.838. The van der Waals surface area contributed by atoms with Crippen molar-refractivity contribution in [1.82, 2.24) is 9.97 Å². The number of aryl methyl sites for hydroxylation is 1.